The van der Waals surface area contributed by atoms with Gasteiger partial charge in [-0.05, 0) is 41.8 Å². The lowest BCUT2D eigenvalue weighted by atomic mass is 10.0. The molecule has 4 aromatic rings. The van der Waals surface area contributed by atoms with E-state index in [2.05, 4.69) is 11.6 Å². The number of halogens is 2. The van der Waals surface area contributed by atoms with Crippen molar-refractivity contribution in [3.8, 4) is 16.9 Å². The number of rotatable bonds is 5. The van der Waals surface area contributed by atoms with Crippen LogP contribution in [0.15, 0.2) is 72.0 Å². The molecule has 0 aliphatic carbocycles. The molecule has 1 saturated heterocycles. The van der Waals surface area contributed by atoms with E-state index in [-0.39, 0.29) is 28.1 Å². The average Bonchev–Trinajstić information content (AvgIpc) is 2.92. The number of carbonyl (C=O) groups excluding carboxylic acids is 1. The Balaban J connectivity index is 1.76. The molecule has 0 bridgehead atoms. The zero-order valence-electron chi connectivity index (χ0n) is 21.2. The van der Waals surface area contributed by atoms with Gasteiger partial charge in [0.2, 0.25) is 5.91 Å². The number of piperazine rings is 1. The highest BCUT2D eigenvalue weighted by Crippen LogP contribution is 2.35. The van der Waals surface area contributed by atoms with Crippen molar-refractivity contribution in [2.24, 2.45) is 0 Å². The van der Waals surface area contributed by atoms with Gasteiger partial charge in [0.1, 0.15) is 11.6 Å². The fraction of sp³-hybridized carbons (Fsp3) is 0.241. The number of para-hydroxylation sites is 1. The van der Waals surface area contributed by atoms with Gasteiger partial charge < -0.3 is 9.80 Å². The molecule has 2 aromatic carbocycles. The molecular formula is C29H27ClFN5O2. The minimum Gasteiger partial charge on any atom is -0.352 e. The fourth-order valence-electron chi connectivity index (χ4n) is 4.85. The van der Waals surface area contributed by atoms with Crippen LogP contribution in [0.4, 0.5) is 10.2 Å². The maximum Gasteiger partial charge on any atom is 0.355 e. The van der Waals surface area contributed by atoms with Gasteiger partial charge >= 0.3 is 5.69 Å². The summed E-state index contributed by atoms with van der Waals surface area (Å²) in [7, 11) is 0. The maximum atomic E-state index is 14.8. The van der Waals surface area contributed by atoms with E-state index in [1.807, 2.05) is 43.0 Å². The third-order valence-electron chi connectivity index (χ3n) is 6.80. The lowest BCUT2D eigenvalue weighted by Crippen LogP contribution is -2.49. The second-order valence-electron chi connectivity index (χ2n) is 9.45. The van der Waals surface area contributed by atoms with Crippen molar-refractivity contribution in [1.29, 1.82) is 0 Å². The summed E-state index contributed by atoms with van der Waals surface area (Å²) in [5.74, 6) is -0.0393. The molecule has 38 heavy (non-hydrogen) atoms. The Hall–Kier alpha value is -4.04. The number of anilines is 1. The first-order chi connectivity index (χ1) is 18.3. The van der Waals surface area contributed by atoms with Gasteiger partial charge in [-0.3, -0.25) is 4.79 Å². The number of amides is 1. The fourth-order valence-corrected chi connectivity index (χ4v) is 5.11. The van der Waals surface area contributed by atoms with E-state index in [0.29, 0.717) is 48.7 Å². The summed E-state index contributed by atoms with van der Waals surface area (Å²) in [6.45, 7) is 9.52. The normalized spacial score (nSPS) is 13.8. The van der Waals surface area contributed by atoms with Crippen LogP contribution >= 0.6 is 11.6 Å². The molecule has 0 atom stereocenters. The monoisotopic (exact) mass is 531 g/mol. The summed E-state index contributed by atoms with van der Waals surface area (Å²) in [4.78, 5) is 38.7. The molecule has 9 heteroatoms. The topological polar surface area (TPSA) is 71.3 Å². The van der Waals surface area contributed by atoms with Gasteiger partial charge in [0, 0.05) is 31.7 Å². The van der Waals surface area contributed by atoms with Gasteiger partial charge in [-0.15, -0.1) is 0 Å². The molecular weight excluding hydrogens is 505 g/mol. The van der Waals surface area contributed by atoms with Crippen molar-refractivity contribution in [2.75, 3.05) is 31.1 Å². The zero-order valence-corrected chi connectivity index (χ0v) is 22.0. The van der Waals surface area contributed by atoms with E-state index in [9.17, 15) is 14.0 Å². The Morgan fingerprint density at radius 3 is 2.42 bits per heavy atom. The predicted molar refractivity (Wildman–Crippen MR) is 149 cm³/mol. The van der Waals surface area contributed by atoms with Crippen LogP contribution in [0.1, 0.15) is 25.3 Å². The minimum absolute atomic E-state index is 0.127. The smallest absolute Gasteiger partial charge is 0.352 e. The molecule has 0 spiro atoms. The Bertz CT molecular complexity index is 1610. The Morgan fingerprint density at radius 1 is 1.05 bits per heavy atom. The predicted octanol–water partition coefficient (Wildman–Crippen LogP) is 5.20. The summed E-state index contributed by atoms with van der Waals surface area (Å²) in [5, 5.41) is 0.810. The van der Waals surface area contributed by atoms with Gasteiger partial charge in [-0.2, -0.15) is 4.98 Å². The molecule has 0 saturated carbocycles. The average molecular weight is 532 g/mol. The maximum absolute atomic E-state index is 14.8. The Morgan fingerprint density at radius 2 is 1.74 bits per heavy atom. The van der Waals surface area contributed by atoms with Crippen molar-refractivity contribution in [1.82, 2.24) is 19.4 Å². The van der Waals surface area contributed by atoms with Crippen LogP contribution in [0.2, 0.25) is 5.02 Å². The van der Waals surface area contributed by atoms with Crippen LogP contribution < -0.4 is 10.6 Å². The largest absolute Gasteiger partial charge is 0.355 e. The van der Waals surface area contributed by atoms with Crippen molar-refractivity contribution >= 4 is 34.4 Å². The molecule has 7 nitrogen and oxygen atoms in total. The summed E-state index contributed by atoms with van der Waals surface area (Å²) in [6.07, 6.45) is 1.30. The number of hydrogen-bond acceptors (Lipinski definition) is 5. The summed E-state index contributed by atoms with van der Waals surface area (Å²) >= 11 is 6.70. The van der Waals surface area contributed by atoms with Crippen LogP contribution in [0.3, 0.4) is 0 Å². The second kappa shape index (κ2) is 10.4. The third kappa shape index (κ3) is 4.56. The molecule has 1 amide bonds. The highest BCUT2D eigenvalue weighted by atomic mass is 35.5. The standard InChI is InChI=1S/C29H27ClFN5O2/c1-4-25(37)34-13-15-35(16-14-34)27-21-17-22(30)26(20-10-5-7-11-23(20)31)32-28(21)36(29(38)33-27)24-12-8-6-9-19(24)18(2)3/h4-12,17-18H,1,13-16H2,2-3H3. The van der Waals surface area contributed by atoms with Crippen LogP contribution in [-0.4, -0.2) is 51.5 Å². The molecule has 0 unspecified atom stereocenters. The van der Waals surface area contributed by atoms with Crippen molar-refractivity contribution < 1.29 is 9.18 Å². The number of hydrogen-bond donors (Lipinski definition) is 0. The highest BCUT2D eigenvalue weighted by Gasteiger charge is 2.26. The van der Waals surface area contributed by atoms with Gasteiger partial charge in [0.25, 0.3) is 0 Å². The molecule has 1 aliphatic rings. The zero-order chi connectivity index (χ0) is 27.0. The number of pyridine rings is 1. The van der Waals surface area contributed by atoms with E-state index in [1.54, 1.807) is 29.2 Å². The Labute approximate surface area is 224 Å². The van der Waals surface area contributed by atoms with Crippen molar-refractivity contribution in [2.45, 2.75) is 19.8 Å². The highest BCUT2D eigenvalue weighted by molar-refractivity contribution is 6.33. The number of carbonyl (C=O) groups is 1. The lowest BCUT2D eigenvalue weighted by Gasteiger charge is -2.35. The van der Waals surface area contributed by atoms with Gasteiger partial charge in [0.15, 0.2) is 5.65 Å². The minimum atomic E-state index is -0.500. The molecule has 5 rings (SSSR count). The van der Waals surface area contributed by atoms with E-state index in [0.717, 1.165) is 5.56 Å². The molecule has 194 valence electrons. The van der Waals surface area contributed by atoms with Crippen LogP contribution in [0.5, 0.6) is 0 Å². The van der Waals surface area contributed by atoms with Crippen molar-refractivity contribution in [3.05, 3.63) is 94.1 Å². The van der Waals surface area contributed by atoms with Gasteiger partial charge in [0.05, 0.1) is 21.8 Å². The van der Waals surface area contributed by atoms with Crippen molar-refractivity contribution in [3.63, 3.8) is 0 Å². The number of benzene rings is 2. The SMILES string of the molecule is C=CC(=O)N1CCN(c2nc(=O)n(-c3ccccc3C(C)C)c3nc(-c4ccccc4F)c(Cl)cc23)CC1. The van der Waals surface area contributed by atoms with Crippen LogP contribution in [0.25, 0.3) is 28.0 Å². The molecule has 0 radical (unpaired) electrons. The van der Waals surface area contributed by atoms with E-state index in [1.165, 1.54) is 16.7 Å². The lowest BCUT2D eigenvalue weighted by molar-refractivity contribution is -0.126. The third-order valence-corrected chi connectivity index (χ3v) is 7.08. The van der Waals surface area contributed by atoms with Gasteiger partial charge in [-0.25, -0.2) is 18.7 Å². The first-order valence-electron chi connectivity index (χ1n) is 12.4. The Kier molecular flexibility index (Phi) is 6.99. The molecule has 3 heterocycles. The first-order valence-corrected chi connectivity index (χ1v) is 12.8. The van der Waals surface area contributed by atoms with E-state index in [4.69, 9.17) is 16.6 Å². The van der Waals surface area contributed by atoms with E-state index >= 15 is 0 Å². The van der Waals surface area contributed by atoms with Gasteiger partial charge in [-0.1, -0.05) is 62.4 Å². The summed E-state index contributed by atoms with van der Waals surface area (Å²) < 4.78 is 16.3. The first kappa shape index (κ1) is 25.6. The summed E-state index contributed by atoms with van der Waals surface area (Å²) in [5.41, 5.74) is 1.93. The second-order valence-corrected chi connectivity index (χ2v) is 9.86. The molecule has 0 N–H and O–H groups in total. The number of fused-ring (bicyclic) bond motifs is 1. The van der Waals surface area contributed by atoms with Crippen LogP contribution in [0, 0.1) is 5.82 Å². The molecule has 1 aliphatic heterocycles. The number of aromatic nitrogens is 3. The molecule has 1 fully saturated rings. The summed E-state index contributed by atoms with van der Waals surface area (Å²) in [6, 6.07) is 15.6. The van der Waals surface area contributed by atoms with Crippen LogP contribution in [-0.2, 0) is 4.79 Å². The van der Waals surface area contributed by atoms with E-state index < -0.39 is 11.5 Å². The number of nitrogens with zero attached hydrogens (tertiary/aromatic N) is 5. The quantitative estimate of drug-likeness (QED) is 0.331. The molecule has 2 aromatic heterocycles.